The quantitative estimate of drug-likeness (QED) is 0.560. The molecule has 0 fully saturated rings. The molecule has 0 aliphatic rings. The van der Waals surface area contributed by atoms with E-state index in [2.05, 4.69) is 11.1 Å². The highest BCUT2D eigenvalue weighted by Crippen LogP contribution is 2.27. The van der Waals surface area contributed by atoms with Crippen LogP contribution in [0.5, 0.6) is 5.75 Å². The van der Waals surface area contributed by atoms with E-state index >= 15 is 0 Å². The third-order valence-electron chi connectivity index (χ3n) is 3.49. The van der Waals surface area contributed by atoms with Gasteiger partial charge in [-0.05, 0) is 37.6 Å². The predicted molar refractivity (Wildman–Crippen MR) is 103 cm³/mol. The molecule has 0 radical (unpaired) electrons. The second kappa shape index (κ2) is 7.78. The number of ether oxygens (including phenoxy) is 1. The number of aromatic nitrogens is 1. The Labute approximate surface area is 151 Å². The first-order chi connectivity index (χ1) is 12.2. The third-order valence-corrected chi connectivity index (χ3v) is 4.36. The topological polar surface area (TPSA) is 45.9 Å². The monoisotopic (exact) mass is 346 g/mol. The van der Waals surface area contributed by atoms with Gasteiger partial charge in [0.25, 0.3) is 0 Å². The van der Waals surface area contributed by atoms with E-state index < -0.39 is 0 Å². The maximum atomic E-state index is 9.52. The minimum atomic E-state index is 0.141. The fraction of sp³-hybridized carbons (Fsp3) is 0.143. The molecule has 0 saturated carbocycles. The molecule has 3 nitrogen and oxygen atoms in total. The van der Waals surface area contributed by atoms with Gasteiger partial charge in [0.05, 0.1) is 17.4 Å². The van der Waals surface area contributed by atoms with Crippen LogP contribution in [-0.2, 0) is 0 Å². The van der Waals surface area contributed by atoms with Crippen LogP contribution in [0.25, 0.3) is 22.9 Å². The minimum absolute atomic E-state index is 0.141. The number of allylic oxidation sites excluding steroid dienone is 1. The number of hydrogen-bond acceptors (Lipinski definition) is 4. The van der Waals surface area contributed by atoms with E-state index in [0.717, 1.165) is 27.6 Å². The smallest absolute Gasteiger partial charge is 0.134 e. The van der Waals surface area contributed by atoms with E-state index in [1.54, 1.807) is 0 Å². The van der Waals surface area contributed by atoms with Gasteiger partial charge < -0.3 is 4.74 Å². The fourth-order valence-electron chi connectivity index (χ4n) is 2.36. The van der Waals surface area contributed by atoms with Gasteiger partial charge in [0.1, 0.15) is 16.8 Å². The van der Waals surface area contributed by atoms with Crippen molar-refractivity contribution in [3.8, 4) is 23.1 Å². The normalized spacial score (nSPS) is 11.4. The summed E-state index contributed by atoms with van der Waals surface area (Å²) in [7, 11) is 0. The molecule has 0 N–H and O–H groups in total. The number of nitriles is 1. The molecule has 4 heteroatoms. The molecular weight excluding hydrogens is 328 g/mol. The van der Waals surface area contributed by atoms with Crippen LogP contribution in [0.1, 0.15) is 24.4 Å². The molecule has 3 aromatic rings. The second-order valence-electron chi connectivity index (χ2n) is 5.81. The van der Waals surface area contributed by atoms with E-state index in [0.29, 0.717) is 5.57 Å². The lowest BCUT2D eigenvalue weighted by Gasteiger charge is -2.09. The molecular formula is C21H18N2OS. The molecule has 0 atom stereocenters. The zero-order valence-corrected chi connectivity index (χ0v) is 15.0. The predicted octanol–water partition coefficient (Wildman–Crippen LogP) is 5.66. The van der Waals surface area contributed by atoms with Gasteiger partial charge in [-0.2, -0.15) is 5.26 Å². The van der Waals surface area contributed by atoms with E-state index in [4.69, 9.17) is 4.74 Å². The van der Waals surface area contributed by atoms with E-state index in [-0.39, 0.29) is 6.10 Å². The minimum Gasteiger partial charge on any atom is -0.491 e. The van der Waals surface area contributed by atoms with Crippen LogP contribution in [0.4, 0.5) is 0 Å². The van der Waals surface area contributed by atoms with Crippen molar-refractivity contribution >= 4 is 23.0 Å². The highest BCUT2D eigenvalue weighted by atomic mass is 32.1. The summed E-state index contributed by atoms with van der Waals surface area (Å²) >= 11 is 1.48. The van der Waals surface area contributed by atoms with Gasteiger partial charge in [-0.3, -0.25) is 0 Å². The maximum absolute atomic E-state index is 9.52. The van der Waals surface area contributed by atoms with Gasteiger partial charge in [-0.25, -0.2) is 4.98 Å². The Morgan fingerprint density at radius 3 is 2.48 bits per heavy atom. The SMILES string of the molecule is CC(C)Oc1ccc(/C=C(/C#N)c2nc(-c3ccccc3)cs2)cc1. The van der Waals surface area contributed by atoms with Crippen LogP contribution in [0.2, 0.25) is 0 Å². The van der Waals surface area contributed by atoms with Gasteiger partial charge in [-0.15, -0.1) is 11.3 Å². The van der Waals surface area contributed by atoms with Crippen molar-refractivity contribution < 1.29 is 4.74 Å². The Balaban J connectivity index is 1.84. The van der Waals surface area contributed by atoms with Crippen LogP contribution in [0, 0.1) is 11.3 Å². The molecule has 0 aliphatic heterocycles. The molecule has 3 rings (SSSR count). The first-order valence-electron chi connectivity index (χ1n) is 8.05. The first-order valence-corrected chi connectivity index (χ1v) is 8.93. The van der Waals surface area contributed by atoms with Gasteiger partial charge in [-0.1, -0.05) is 42.5 Å². The van der Waals surface area contributed by atoms with E-state index in [1.165, 1.54) is 11.3 Å². The molecule has 25 heavy (non-hydrogen) atoms. The lowest BCUT2D eigenvalue weighted by Crippen LogP contribution is -2.05. The van der Waals surface area contributed by atoms with Gasteiger partial charge >= 0.3 is 0 Å². The molecule has 124 valence electrons. The molecule has 2 aromatic carbocycles. The zero-order chi connectivity index (χ0) is 17.6. The molecule has 0 amide bonds. The molecule has 1 aromatic heterocycles. The molecule has 0 spiro atoms. The van der Waals surface area contributed by atoms with Gasteiger partial charge in [0, 0.05) is 10.9 Å². The summed E-state index contributed by atoms with van der Waals surface area (Å²) in [5.74, 6) is 0.825. The number of thiazole rings is 1. The summed E-state index contributed by atoms with van der Waals surface area (Å²) in [6.07, 6.45) is 2.00. The van der Waals surface area contributed by atoms with Crippen LogP contribution in [0.15, 0.2) is 60.0 Å². The lowest BCUT2D eigenvalue weighted by atomic mass is 10.1. The lowest BCUT2D eigenvalue weighted by molar-refractivity contribution is 0.242. The Hall–Kier alpha value is -2.90. The first kappa shape index (κ1) is 16.9. The molecule has 1 heterocycles. The van der Waals surface area contributed by atoms with Crippen molar-refractivity contribution in [2.45, 2.75) is 20.0 Å². The summed E-state index contributed by atoms with van der Waals surface area (Å²) in [5.41, 5.74) is 3.45. The van der Waals surface area contributed by atoms with Crippen molar-refractivity contribution in [3.05, 3.63) is 70.5 Å². The number of hydrogen-bond donors (Lipinski definition) is 0. The highest BCUT2D eigenvalue weighted by Gasteiger charge is 2.09. The van der Waals surface area contributed by atoms with Crippen molar-refractivity contribution in [1.29, 1.82) is 5.26 Å². The zero-order valence-electron chi connectivity index (χ0n) is 14.1. The van der Waals surface area contributed by atoms with Crippen molar-refractivity contribution in [2.75, 3.05) is 0 Å². The van der Waals surface area contributed by atoms with Crippen molar-refractivity contribution in [1.82, 2.24) is 4.98 Å². The summed E-state index contributed by atoms with van der Waals surface area (Å²) in [6.45, 7) is 3.99. The van der Waals surface area contributed by atoms with Crippen molar-refractivity contribution in [2.24, 2.45) is 0 Å². The molecule has 0 bridgehead atoms. The van der Waals surface area contributed by atoms with Crippen LogP contribution >= 0.6 is 11.3 Å². The summed E-state index contributed by atoms with van der Waals surface area (Å²) < 4.78 is 5.64. The van der Waals surface area contributed by atoms with Gasteiger partial charge in [0.2, 0.25) is 0 Å². The summed E-state index contributed by atoms with van der Waals surface area (Å²) in [5, 5.41) is 12.2. The van der Waals surface area contributed by atoms with Gasteiger partial charge in [0.15, 0.2) is 0 Å². The Bertz CT molecular complexity index is 903. The molecule has 0 saturated heterocycles. The van der Waals surface area contributed by atoms with Crippen LogP contribution in [-0.4, -0.2) is 11.1 Å². The second-order valence-corrected chi connectivity index (χ2v) is 6.67. The largest absolute Gasteiger partial charge is 0.491 e. The number of nitrogens with zero attached hydrogens (tertiary/aromatic N) is 2. The number of rotatable bonds is 5. The van der Waals surface area contributed by atoms with Crippen LogP contribution < -0.4 is 4.74 Å². The molecule has 0 aliphatic carbocycles. The third kappa shape index (κ3) is 4.34. The van der Waals surface area contributed by atoms with E-state index in [9.17, 15) is 5.26 Å². The summed E-state index contributed by atoms with van der Waals surface area (Å²) in [4.78, 5) is 4.61. The fourth-order valence-corrected chi connectivity index (χ4v) is 3.16. The maximum Gasteiger partial charge on any atom is 0.134 e. The number of benzene rings is 2. The summed E-state index contributed by atoms with van der Waals surface area (Å²) in [6, 6.07) is 19.9. The van der Waals surface area contributed by atoms with Crippen molar-refractivity contribution in [3.63, 3.8) is 0 Å². The van der Waals surface area contributed by atoms with E-state index in [1.807, 2.05) is 79.9 Å². The highest BCUT2D eigenvalue weighted by molar-refractivity contribution is 7.11. The Morgan fingerprint density at radius 1 is 1.12 bits per heavy atom. The molecule has 0 unspecified atom stereocenters. The average Bonchev–Trinajstić information content (AvgIpc) is 3.11. The average molecular weight is 346 g/mol. The Kier molecular flexibility index (Phi) is 5.27. The Morgan fingerprint density at radius 2 is 1.84 bits per heavy atom. The van der Waals surface area contributed by atoms with Crippen LogP contribution in [0.3, 0.4) is 0 Å². The standard InChI is InChI=1S/C21H18N2OS/c1-15(2)24-19-10-8-16(9-11-19)12-18(13-22)21-23-20(14-25-21)17-6-4-3-5-7-17/h3-12,14-15H,1-2H3/b18-12-.